The van der Waals surface area contributed by atoms with Gasteiger partial charge in [0.2, 0.25) is 5.91 Å². The van der Waals surface area contributed by atoms with Crippen LogP contribution in [0.5, 0.6) is 0 Å². The second kappa shape index (κ2) is 4.56. The number of alkyl halides is 3. The van der Waals surface area contributed by atoms with Crippen LogP contribution in [-0.2, 0) is 11.2 Å². The van der Waals surface area contributed by atoms with Gasteiger partial charge in [-0.1, -0.05) is 6.07 Å². The van der Waals surface area contributed by atoms with Crippen LogP contribution < -0.4 is 4.90 Å². The van der Waals surface area contributed by atoms with Crippen LogP contribution in [0, 0.1) is 0 Å². The van der Waals surface area contributed by atoms with E-state index in [9.17, 15) is 22.8 Å². The molecule has 0 bridgehead atoms. The van der Waals surface area contributed by atoms with Crippen molar-refractivity contribution in [2.75, 3.05) is 11.4 Å². The van der Waals surface area contributed by atoms with Crippen molar-refractivity contribution >= 4 is 17.6 Å². The summed E-state index contributed by atoms with van der Waals surface area (Å²) < 4.78 is 36.6. The molecule has 1 aliphatic rings. The van der Waals surface area contributed by atoms with Crippen molar-refractivity contribution in [3.63, 3.8) is 0 Å². The molecule has 0 saturated heterocycles. The highest BCUT2D eigenvalue weighted by Crippen LogP contribution is 2.31. The summed E-state index contributed by atoms with van der Waals surface area (Å²) in [6, 6.07) is 4.03. The number of benzene rings is 1. The molecule has 1 amide bonds. The summed E-state index contributed by atoms with van der Waals surface area (Å²) in [5.74, 6) is -1.63. The monoisotopic (exact) mass is 273 g/mol. The van der Waals surface area contributed by atoms with Gasteiger partial charge in [0, 0.05) is 12.2 Å². The molecule has 0 atom stereocenters. The smallest absolute Gasteiger partial charge is 0.390 e. The van der Waals surface area contributed by atoms with Crippen molar-refractivity contribution in [3.8, 4) is 0 Å². The predicted molar refractivity (Wildman–Crippen MR) is 60.1 cm³/mol. The second-order valence-corrected chi connectivity index (χ2v) is 4.24. The lowest BCUT2D eigenvalue weighted by Gasteiger charge is -2.18. The van der Waals surface area contributed by atoms with Gasteiger partial charge in [-0.15, -0.1) is 0 Å². The standard InChI is InChI=1S/C12H10F3NO3/c13-12(14,15)3-4-16-9-5-8(11(18)19)2-1-7(9)6-10(16)17/h1-2,5H,3-4,6H2,(H,18,19). The summed E-state index contributed by atoms with van der Waals surface area (Å²) in [6.07, 6.45) is -5.46. The molecular weight excluding hydrogens is 263 g/mol. The maximum atomic E-state index is 12.2. The third-order valence-electron chi connectivity index (χ3n) is 2.88. The number of nitrogens with zero attached hydrogens (tertiary/aromatic N) is 1. The molecule has 0 radical (unpaired) electrons. The molecule has 2 rings (SSSR count). The van der Waals surface area contributed by atoms with E-state index in [1.54, 1.807) is 0 Å². The molecule has 4 nitrogen and oxygen atoms in total. The fourth-order valence-corrected chi connectivity index (χ4v) is 1.97. The van der Waals surface area contributed by atoms with Crippen LogP contribution in [-0.4, -0.2) is 29.7 Å². The summed E-state index contributed by atoms with van der Waals surface area (Å²) >= 11 is 0. The Balaban J connectivity index is 2.26. The Morgan fingerprint density at radius 1 is 1.37 bits per heavy atom. The number of hydrogen-bond acceptors (Lipinski definition) is 2. The number of halogens is 3. The molecule has 1 aromatic rings. The van der Waals surface area contributed by atoms with Gasteiger partial charge in [0.15, 0.2) is 0 Å². The number of carbonyl (C=O) groups excluding carboxylic acids is 1. The van der Waals surface area contributed by atoms with Gasteiger partial charge in [-0.05, 0) is 17.7 Å². The van der Waals surface area contributed by atoms with Crippen LogP contribution in [0.15, 0.2) is 18.2 Å². The Hall–Kier alpha value is -2.05. The zero-order valence-corrected chi connectivity index (χ0v) is 9.70. The molecule has 19 heavy (non-hydrogen) atoms. The lowest BCUT2D eigenvalue weighted by molar-refractivity contribution is -0.133. The minimum absolute atomic E-state index is 0.00703. The van der Waals surface area contributed by atoms with Gasteiger partial charge in [0.05, 0.1) is 18.4 Å². The Kier molecular flexibility index (Phi) is 3.21. The third-order valence-corrected chi connectivity index (χ3v) is 2.88. The number of fused-ring (bicyclic) bond motifs is 1. The fraction of sp³-hybridized carbons (Fsp3) is 0.333. The van der Waals surface area contributed by atoms with Gasteiger partial charge in [0.1, 0.15) is 0 Å². The van der Waals surface area contributed by atoms with Crippen LogP contribution in [0.3, 0.4) is 0 Å². The number of aromatic carboxylic acids is 1. The maximum absolute atomic E-state index is 12.2. The van der Waals surface area contributed by atoms with E-state index in [0.717, 1.165) is 4.90 Å². The Bertz CT molecular complexity index is 540. The first-order valence-corrected chi connectivity index (χ1v) is 5.51. The molecule has 0 saturated carbocycles. The van der Waals surface area contributed by atoms with Crippen LogP contribution in [0.25, 0.3) is 0 Å². The summed E-state index contributed by atoms with van der Waals surface area (Å²) in [5.41, 5.74) is 0.761. The number of hydrogen-bond donors (Lipinski definition) is 1. The Morgan fingerprint density at radius 3 is 2.63 bits per heavy atom. The first-order valence-electron chi connectivity index (χ1n) is 5.51. The molecule has 1 aliphatic heterocycles. The highest BCUT2D eigenvalue weighted by atomic mass is 19.4. The molecule has 7 heteroatoms. The van der Waals surface area contributed by atoms with Crippen molar-refractivity contribution in [1.29, 1.82) is 0 Å². The minimum Gasteiger partial charge on any atom is -0.478 e. The van der Waals surface area contributed by atoms with E-state index in [1.807, 2.05) is 0 Å². The molecule has 1 aromatic carbocycles. The van der Waals surface area contributed by atoms with E-state index >= 15 is 0 Å². The molecular formula is C12H10F3NO3. The molecule has 1 heterocycles. The molecule has 102 valence electrons. The average molecular weight is 273 g/mol. The highest BCUT2D eigenvalue weighted by Gasteiger charge is 2.33. The number of carboxylic acids is 1. The first-order chi connectivity index (χ1) is 8.78. The second-order valence-electron chi connectivity index (χ2n) is 4.24. The number of anilines is 1. The lowest BCUT2D eigenvalue weighted by Crippen LogP contribution is -2.30. The summed E-state index contributed by atoms with van der Waals surface area (Å²) in [6.45, 7) is -0.488. The van der Waals surface area contributed by atoms with Crippen LogP contribution in [0.2, 0.25) is 0 Å². The topological polar surface area (TPSA) is 57.6 Å². The van der Waals surface area contributed by atoms with Crippen molar-refractivity contribution < 1.29 is 27.9 Å². The van der Waals surface area contributed by atoms with Gasteiger partial charge in [-0.3, -0.25) is 4.79 Å². The summed E-state index contributed by atoms with van der Waals surface area (Å²) in [4.78, 5) is 23.5. The predicted octanol–water partition coefficient (Wildman–Crippen LogP) is 2.23. The quantitative estimate of drug-likeness (QED) is 0.918. The van der Waals surface area contributed by atoms with E-state index in [4.69, 9.17) is 5.11 Å². The summed E-state index contributed by atoms with van der Waals surface area (Å²) in [5, 5.41) is 8.84. The first kappa shape index (κ1) is 13.4. The van der Waals surface area contributed by atoms with Gasteiger partial charge >= 0.3 is 12.1 Å². The van der Waals surface area contributed by atoms with Crippen molar-refractivity contribution in [2.45, 2.75) is 19.0 Å². The average Bonchev–Trinajstić information content (AvgIpc) is 2.60. The van der Waals surface area contributed by atoms with Gasteiger partial charge < -0.3 is 10.0 Å². The minimum atomic E-state index is -4.35. The SMILES string of the molecule is O=C(O)c1ccc2c(c1)N(CCC(F)(F)F)C(=O)C2. The van der Waals surface area contributed by atoms with Crippen LogP contribution in [0.4, 0.5) is 18.9 Å². The number of rotatable bonds is 3. The van der Waals surface area contributed by atoms with Gasteiger partial charge in [-0.25, -0.2) is 4.79 Å². The van der Waals surface area contributed by atoms with E-state index < -0.39 is 31.0 Å². The van der Waals surface area contributed by atoms with Crippen molar-refractivity contribution in [2.24, 2.45) is 0 Å². The number of amides is 1. The molecule has 0 aromatic heterocycles. The largest absolute Gasteiger partial charge is 0.478 e. The van der Waals surface area contributed by atoms with Crippen LogP contribution in [0.1, 0.15) is 22.3 Å². The van der Waals surface area contributed by atoms with E-state index in [2.05, 4.69) is 0 Å². The van der Waals surface area contributed by atoms with Crippen molar-refractivity contribution in [1.82, 2.24) is 0 Å². The Labute approximate surface area is 106 Å². The third kappa shape index (κ3) is 2.86. The Morgan fingerprint density at radius 2 is 2.05 bits per heavy atom. The molecule has 0 unspecified atom stereocenters. The van der Waals surface area contributed by atoms with Gasteiger partial charge in [0.25, 0.3) is 0 Å². The molecule has 0 spiro atoms. The van der Waals surface area contributed by atoms with Crippen LogP contribution >= 0.6 is 0 Å². The molecule has 0 fully saturated rings. The van der Waals surface area contributed by atoms with E-state index in [-0.39, 0.29) is 17.7 Å². The lowest BCUT2D eigenvalue weighted by atomic mass is 10.1. The zero-order chi connectivity index (χ0) is 14.2. The molecule has 0 aliphatic carbocycles. The van der Waals surface area contributed by atoms with E-state index in [1.165, 1.54) is 18.2 Å². The highest BCUT2D eigenvalue weighted by molar-refractivity contribution is 6.03. The van der Waals surface area contributed by atoms with Gasteiger partial charge in [-0.2, -0.15) is 13.2 Å². The number of carboxylic acid groups (broad SMARTS) is 1. The van der Waals surface area contributed by atoms with Crippen molar-refractivity contribution in [3.05, 3.63) is 29.3 Å². The number of carbonyl (C=O) groups is 2. The molecule has 1 N–H and O–H groups in total. The zero-order valence-electron chi connectivity index (χ0n) is 9.70. The fourth-order valence-electron chi connectivity index (χ4n) is 1.97. The van der Waals surface area contributed by atoms with E-state index in [0.29, 0.717) is 5.56 Å². The summed E-state index contributed by atoms with van der Waals surface area (Å²) in [7, 11) is 0. The maximum Gasteiger partial charge on any atom is 0.390 e. The normalized spacial score (nSPS) is 14.7.